The highest BCUT2D eigenvalue weighted by Gasteiger charge is 2.12. The molecule has 1 aromatic heterocycles. The summed E-state index contributed by atoms with van der Waals surface area (Å²) in [5.74, 6) is -2.69. The van der Waals surface area contributed by atoms with Gasteiger partial charge in [0.05, 0.1) is 6.54 Å². The molecule has 17 heavy (non-hydrogen) atoms. The molecule has 0 saturated heterocycles. The van der Waals surface area contributed by atoms with E-state index in [1.54, 1.807) is 0 Å². The van der Waals surface area contributed by atoms with Crippen LogP contribution >= 0.6 is 0 Å². The van der Waals surface area contributed by atoms with Crippen molar-refractivity contribution in [1.29, 1.82) is 0 Å². The Bertz CT molecular complexity index is 441. The van der Waals surface area contributed by atoms with E-state index in [1.807, 2.05) is 0 Å². The lowest BCUT2D eigenvalue weighted by Crippen LogP contribution is -2.39. The zero-order valence-electron chi connectivity index (χ0n) is 8.56. The van der Waals surface area contributed by atoms with Gasteiger partial charge in [0, 0.05) is 0 Å². The zero-order chi connectivity index (χ0) is 12.8. The van der Waals surface area contributed by atoms with Crippen LogP contribution in [0.25, 0.3) is 0 Å². The van der Waals surface area contributed by atoms with E-state index in [1.165, 1.54) is 0 Å². The average molecular weight is 242 g/mol. The Labute approximate surface area is 94.6 Å². The van der Waals surface area contributed by atoms with Gasteiger partial charge in [0.25, 0.3) is 5.91 Å². The highest BCUT2D eigenvalue weighted by Crippen LogP contribution is 1.91. The van der Waals surface area contributed by atoms with Gasteiger partial charge in [0.2, 0.25) is 17.7 Å². The third-order valence-corrected chi connectivity index (χ3v) is 1.56. The number of carboxylic acid groups (broad SMARTS) is 1. The number of nitrogens with one attached hydrogen (secondary N) is 3. The molecule has 0 aliphatic carbocycles. The molecule has 1 rings (SSSR count). The summed E-state index contributed by atoms with van der Waals surface area (Å²) >= 11 is 0. The second-order valence-corrected chi connectivity index (χ2v) is 2.90. The Kier molecular flexibility index (Phi) is 3.97. The van der Waals surface area contributed by atoms with Crippen molar-refractivity contribution < 1.29 is 19.5 Å². The first-order chi connectivity index (χ1) is 7.99. The molecule has 0 aliphatic heterocycles. The van der Waals surface area contributed by atoms with E-state index < -0.39 is 24.3 Å². The molecule has 0 bridgehead atoms. The minimum absolute atomic E-state index is 0.0921. The molecule has 0 saturated carbocycles. The molecule has 0 fully saturated rings. The van der Waals surface area contributed by atoms with Crippen LogP contribution in [0.2, 0.25) is 0 Å². The smallest absolute Gasteiger partial charge is 0.322 e. The number of aromatic amines is 1. The van der Waals surface area contributed by atoms with Crippen LogP contribution in [-0.2, 0) is 9.59 Å². The standard InChI is InChI=1S/C7H10N6O4/c8-7-11-5(12-13-7)6(17)10-1-3(14)9-2-4(15)16/h1-2H2,(H,9,14)(H,10,17)(H,15,16)(H3,8,11,12,13). The van der Waals surface area contributed by atoms with Crippen LogP contribution < -0.4 is 16.4 Å². The lowest BCUT2D eigenvalue weighted by atomic mass is 10.5. The van der Waals surface area contributed by atoms with Gasteiger partial charge in [-0.05, 0) is 0 Å². The van der Waals surface area contributed by atoms with Crippen LogP contribution in [0.4, 0.5) is 5.95 Å². The Balaban J connectivity index is 2.33. The number of nitrogens with zero attached hydrogens (tertiary/aromatic N) is 2. The second-order valence-electron chi connectivity index (χ2n) is 2.90. The molecule has 10 nitrogen and oxygen atoms in total. The molecule has 0 radical (unpaired) electrons. The van der Waals surface area contributed by atoms with Crippen molar-refractivity contribution in [3.8, 4) is 0 Å². The maximum atomic E-state index is 11.3. The number of aliphatic carboxylic acids is 1. The SMILES string of the molecule is Nc1n[nH]c(C(=O)NCC(=O)NCC(=O)O)n1. The minimum Gasteiger partial charge on any atom is -0.480 e. The highest BCUT2D eigenvalue weighted by atomic mass is 16.4. The van der Waals surface area contributed by atoms with Crippen molar-refractivity contribution in [1.82, 2.24) is 25.8 Å². The van der Waals surface area contributed by atoms with E-state index >= 15 is 0 Å². The summed E-state index contributed by atoms with van der Waals surface area (Å²) in [4.78, 5) is 36.0. The van der Waals surface area contributed by atoms with E-state index in [4.69, 9.17) is 10.8 Å². The van der Waals surface area contributed by atoms with Crippen molar-refractivity contribution >= 4 is 23.7 Å². The molecule has 0 atom stereocenters. The third-order valence-electron chi connectivity index (χ3n) is 1.56. The molecule has 1 aromatic rings. The molecule has 0 aliphatic rings. The van der Waals surface area contributed by atoms with Crippen LogP contribution in [0, 0.1) is 0 Å². The van der Waals surface area contributed by atoms with E-state index in [2.05, 4.69) is 25.8 Å². The molecule has 0 aromatic carbocycles. The number of carbonyl (C=O) groups excluding carboxylic acids is 2. The number of carboxylic acids is 1. The maximum Gasteiger partial charge on any atom is 0.322 e. The predicted octanol–water partition coefficient (Wildman–Crippen LogP) is -2.68. The molecule has 0 spiro atoms. The number of rotatable bonds is 5. The summed E-state index contributed by atoms with van der Waals surface area (Å²) in [5, 5.41) is 18.2. The molecule has 92 valence electrons. The van der Waals surface area contributed by atoms with E-state index in [-0.39, 0.29) is 18.3 Å². The fourth-order valence-corrected chi connectivity index (χ4v) is 0.857. The van der Waals surface area contributed by atoms with E-state index in [9.17, 15) is 14.4 Å². The van der Waals surface area contributed by atoms with Crippen molar-refractivity contribution in [2.75, 3.05) is 18.8 Å². The lowest BCUT2D eigenvalue weighted by Gasteiger charge is -2.02. The molecule has 10 heteroatoms. The summed E-state index contributed by atoms with van der Waals surface area (Å²) in [5.41, 5.74) is 5.18. The fraction of sp³-hybridized carbons (Fsp3) is 0.286. The summed E-state index contributed by atoms with van der Waals surface area (Å²) in [6.45, 7) is -0.878. The number of amides is 2. The van der Waals surface area contributed by atoms with Gasteiger partial charge in [-0.3, -0.25) is 19.5 Å². The Morgan fingerprint density at radius 2 is 2.00 bits per heavy atom. The highest BCUT2D eigenvalue weighted by molar-refractivity contribution is 5.93. The predicted molar refractivity (Wildman–Crippen MR) is 53.8 cm³/mol. The Morgan fingerprint density at radius 3 is 2.53 bits per heavy atom. The third kappa shape index (κ3) is 4.15. The van der Waals surface area contributed by atoms with Gasteiger partial charge >= 0.3 is 5.97 Å². The topological polar surface area (TPSA) is 163 Å². The van der Waals surface area contributed by atoms with Crippen LogP contribution in [0.1, 0.15) is 10.6 Å². The van der Waals surface area contributed by atoms with Gasteiger partial charge in [0.15, 0.2) is 0 Å². The quantitative estimate of drug-likeness (QED) is 0.375. The normalized spacial score (nSPS) is 9.65. The molecular formula is C7H10N6O4. The maximum absolute atomic E-state index is 11.3. The number of anilines is 1. The van der Waals surface area contributed by atoms with Crippen molar-refractivity contribution in [2.24, 2.45) is 0 Å². The minimum atomic E-state index is -1.17. The van der Waals surface area contributed by atoms with E-state index in [0.717, 1.165) is 0 Å². The molecule has 1 heterocycles. The molecule has 0 unspecified atom stereocenters. The van der Waals surface area contributed by atoms with Gasteiger partial charge < -0.3 is 21.5 Å². The summed E-state index contributed by atoms with van der Waals surface area (Å²) in [7, 11) is 0. The number of H-pyrrole nitrogens is 1. The van der Waals surface area contributed by atoms with E-state index in [0.29, 0.717) is 0 Å². The molecule has 2 amide bonds. The monoisotopic (exact) mass is 242 g/mol. The average Bonchev–Trinajstić information content (AvgIpc) is 2.70. The summed E-state index contributed by atoms with van der Waals surface area (Å²) < 4.78 is 0. The van der Waals surface area contributed by atoms with Crippen LogP contribution in [0.3, 0.4) is 0 Å². The Hall–Kier alpha value is -2.65. The second kappa shape index (κ2) is 5.44. The largest absolute Gasteiger partial charge is 0.480 e. The molecule has 6 N–H and O–H groups in total. The van der Waals surface area contributed by atoms with Crippen molar-refractivity contribution in [2.45, 2.75) is 0 Å². The van der Waals surface area contributed by atoms with Gasteiger partial charge in [-0.15, -0.1) is 5.10 Å². The first kappa shape index (κ1) is 12.4. The van der Waals surface area contributed by atoms with Gasteiger partial charge in [0.1, 0.15) is 6.54 Å². The van der Waals surface area contributed by atoms with Gasteiger partial charge in [-0.25, -0.2) is 0 Å². The Morgan fingerprint density at radius 1 is 1.29 bits per heavy atom. The number of hydrogen-bond acceptors (Lipinski definition) is 6. The first-order valence-electron chi connectivity index (χ1n) is 4.43. The number of nitrogens with two attached hydrogens (primary N) is 1. The van der Waals surface area contributed by atoms with Crippen LogP contribution in [0.15, 0.2) is 0 Å². The summed E-state index contributed by atoms with van der Waals surface area (Å²) in [6.07, 6.45) is 0. The van der Waals surface area contributed by atoms with Gasteiger partial charge in [-0.2, -0.15) is 4.98 Å². The molecular weight excluding hydrogens is 232 g/mol. The number of carbonyl (C=O) groups is 3. The zero-order valence-corrected chi connectivity index (χ0v) is 8.56. The number of aromatic nitrogens is 3. The van der Waals surface area contributed by atoms with Crippen LogP contribution in [-0.4, -0.2) is 51.2 Å². The van der Waals surface area contributed by atoms with Crippen molar-refractivity contribution in [3.63, 3.8) is 0 Å². The van der Waals surface area contributed by atoms with Gasteiger partial charge in [-0.1, -0.05) is 0 Å². The first-order valence-corrected chi connectivity index (χ1v) is 4.43. The van der Waals surface area contributed by atoms with Crippen LogP contribution in [0.5, 0.6) is 0 Å². The summed E-state index contributed by atoms with van der Waals surface area (Å²) in [6, 6.07) is 0. The number of nitrogen functional groups attached to an aromatic ring is 1. The lowest BCUT2D eigenvalue weighted by molar-refractivity contribution is -0.137. The van der Waals surface area contributed by atoms with Crippen molar-refractivity contribution in [3.05, 3.63) is 5.82 Å². The fourth-order valence-electron chi connectivity index (χ4n) is 0.857. The number of hydrogen-bond donors (Lipinski definition) is 5.